The van der Waals surface area contributed by atoms with E-state index in [4.69, 9.17) is 9.15 Å². The number of nitrogens with one attached hydrogen (secondary N) is 1. The van der Waals surface area contributed by atoms with E-state index in [1.165, 1.54) is 0 Å². The van der Waals surface area contributed by atoms with Gasteiger partial charge in [0.05, 0.1) is 12.3 Å². The van der Waals surface area contributed by atoms with Crippen molar-refractivity contribution in [2.45, 2.75) is 33.1 Å². The Morgan fingerprint density at radius 3 is 2.48 bits per heavy atom. The second-order valence-corrected chi connectivity index (χ2v) is 7.64. The number of rotatable bonds is 9. The number of aryl methyl sites for hydroxylation is 1. The molecule has 1 heterocycles. The van der Waals surface area contributed by atoms with E-state index in [2.05, 4.69) is 22.9 Å². The van der Waals surface area contributed by atoms with Crippen molar-refractivity contribution in [2.75, 3.05) is 6.61 Å². The summed E-state index contributed by atoms with van der Waals surface area (Å²) in [6, 6.07) is 17.4. The van der Waals surface area contributed by atoms with E-state index in [0.717, 1.165) is 28.3 Å². The van der Waals surface area contributed by atoms with Crippen LogP contribution in [0.4, 0.5) is 4.79 Å². The molecule has 7 heteroatoms. The number of ether oxygens (including phenoxy) is 1. The van der Waals surface area contributed by atoms with E-state index >= 15 is 0 Å². The van der Waals surface area contributed by atoms with Crippen molar-refractivity contribution >= 4 is 23.8 Å². The maximum absolute atomic E-state index is 12.0. The molecule has 1 aromatic heterocycles. The standard InChI is InChI=1S/C24H26N2O4S/c1-3-18(22(27)26-24(28)31)15-17-9-11-20(12-10-17)29-14-13-21-16(2)30-23(25-21)19-7-5-4-6-8-19/h4-12,18H,3,13-15H2,1-2H3,(H2,26,27,28,31)/t18-/m0/s1. The largest absolute Gasteiger partial charge is 0.493 e. The van der Waals surface area contributed by atoms with E-state index in [1.807, 2.05) is 68.4 Å². The van der Waals surface area contributed by atoms with E-state index < -0.39 is 5.24 Å². The average Bonchev–Trinajstić information content (AvgIpc) is 3.13. The number of carbonyl (C=O) groups excluding carboxylic acids is 2. The summed E-state index contributed by atoms with van der Waals surface area (Å²) in [5.74, 6) is 1.57. The van der Waals surface area contributed by atoms with Crippen molar-refractivity contribution in [3.8, 4) is 17.2 Å². The molecule has 0 radical (unpaired) electrons. The molecular weight excluding hydrogens is 412 g/mol. The first-order valence-corrected chi connectivity index (χ1v) is 10.7. The highest BCUT2D eigenvalue weighted by atomic mass is 32.1. The molecule has 0 aliphatic heterocycles. The number of hydrogen-bond acceptors (Lipinski definition) is 5. The molecule has 1 atom stereocenters. The fraction of sp³-hybridized carbons (Fsp3) is 0.292. The van der Waals surface area contributed by atoms with Gasteiger partial charge >= 0.3 is 0 Å². The predicted octanol–water partition coefficient (Wildman–Crippen LogP) is 5.01. The summed E-state index contributed by atoms with van der Waals surface area (Å²) >= 11 is 3.60. The van der Waals surface area contributed by atoms with Crippen LogP contribution in [0.3, 0.4) is 0 Å². The summed E-state index contributed by atoms with van der Waals surface area (Å²) in [5.41, 5.74) is 2.83. The Balaban J connectivity index is 1.52. The molecule has 0 bridgehead atoms. The van der Waals surface area contributed by atoms with E-state index in [0.29, 0.717) is 31.8 Å². The molecule has 6 nitrogen and oxygen atoms in total. The zero-order valence-electron chi connectivity index (χ0n) is 17.6. The van der Waals surface area contributed by atoms with E-state index in [-0.39, 0.29) is 11.8 Å². The molecular formula is C24H26N2O4S. The van der Waals surface area contributed by atoms with Crippen molar-refractivity contribution < 1.29 is 18.7 Å². The minimum Gasteiger partial charge on any atom is -0.493 e. The number of oxazole rings is 1. The van der Waals surface area contributed by atoms with Gasteiger partial charge in [0.25, 0.3) is 5.24 Å². The molecule has 0 aliphatic rings. The van der Waals surface area contributed by atoms with Gasteiger partial charge in [0.2, 0.25) is 11.8 Å². The van der Waals surface area contributed by atoms with Crippen LogP contribution in [-0.2, 0) is 17.6 Å². The van der Waals surface area contributed by atoms with Crippen LogP contribution in [0.15, 0.2) is 59.0 Å². The summed E-state index contributed by atoms with van der Waals surface area (Å²) in [5, 5.41) is 1.60. The molecule has 0 saturated carbocycles. The van der Waals surface area contributed by atoms with Crippen molar-refractivity contribution in [3.63, 3.8) is 0 Å². The molecule has 3 rings (SSSR count). The molecule has 2 aromatic carbocycles. The highest BCUT2D eigenvalue weighted by Gasteiger charge is 2.18. The van der Waals surface area contributed by atoms with Gasteiger partial charge in [0.15, 0.2) is 0 Å². The molecule has 3 aromatic rings. The Kier molecular flexibility index (Phi) is 7.89. The smallest absolute Gasteiger partial charge is 0.282 e. The number of carbonyl (C=O) groups is 2. The minimum absolute atomic E-state index is 0.281. The van der Waals surface area contributed by atoms with Crippen LogP contribution in [-0.4, -0.2) is 22.7 Å². The lowest BCUT2D eigenvalue weighted by atomic mass is 9.96. The Morgan fingerprint density at radius 1 is 1.13 bits per heavy atom. The van der Waals surface area contributed by atoms with Crippen LogP contribution in [0, 0.1) is 12.8 Å². The third-order valence-corrected chi connectivity index (χ3v) is 5.13. The number of imide groups is 1. The maximum atomic E-state index is 12.0. The first-order valence-electron chi connectivity index (χ1n) is 10.2. The van der Waals surface area contributed by atoms with Gasteiger partial charge in [-0.15, -0.1) is 0 Å². The second-order valence-electron chi connectivity index (χ2n) is 7.23. The zero-order valence-corrected chi connectivity index (χ0v) is 18.5. The number of benzene rings is 2. The van der Waals surface area contributed by atoms with Crippen molar-refractivity contribution in [1.29, 1.82) is 0 Å². The molecule has 0 unspecified atom stereocenters. The van der Waals surface area contributed by atoms with Crippen molar-refractivity contribution in [1.82, 2.24) is 10.3 Å². The topological polar surface area (TPSA) is 81.4 Å². The minimum atomic E-state index is -0.634. The van der Waals surface area contributed by atoms with Gasteiger partial charge in [-0.2, -0.15) is 0 Å². The molecule has 0 fully saturated rings. The van der Waals surface area contributed by atoms with Crippen molar-refractivity contribution in [2.24, 2.45) is 5.92 Å². The normalized spacial score (nSPS) is 11.7. The molecule has 1 N–H and O–H groups in total. The van der Waals surface area contributed by atoms with Gasteiger partial charge in [0.1, 0.15) is 11.5 Å². The quantitative estimate of drug-likeness (QED) is 0.459. The monoisotopic (exact) mass is 438 g/mol. The van der Waals surface area contributed by atoms with E-state index in [1.54, 1.807) is 0 Å². The molecule has 2 amide bonds. The highest BCUT2D eigenvalue weighted by Crippen LogP contribution is 2.22. The summed E-state index contributed by atoms with van der Waals surface area (Å²) < 4.78 is 11.6. The first kappa shape index (κ1) is 22.6. The summed E-state index contributed by atoms with van der Waals surface area (Å²) in [7, 11) is 0. The molecule has 162 valence electrons. The number of thiol groups is 1. The second kappa shape index (κ2) is 10.8. The van der Waals surface area contributed by atoms with Crippen LogP contribution in [0.2, 0.25) is 0 Å². The molecule has 0 aliphatic carbocycles. The van der Waals surface area contributed by atoms with Gasteiger partial charge in [-0.1, -0.05) is 49.9 Å². The van der Waals surface area contributed by atoms with Crippen molar-refractivity contribution in [3.05, 3.63) is 71.6 Å². The van der Waals surface area contributed by atoms with Crippen LogP contribution in [0.5, 0.6) is 5.75 Å². The number of amides is 2. The molecule has 0 saturated heterocycles. The summed E-state index contributed by atoms with van der Waals surface area (Å²) in [6.45, 7) is 4.30. The lowest BCUT2D eigenvalue weighted by Crippen LogP contribution is -2.33. The number of aromatic nitrogens is 1. The van der Waals surface area contributed by atoms with E-state index in [9.17, 15) is 9.59 Å². The number of hydrogen-bond donors (Lipinski definition) is 2. The summed E-state index contributed by atoms with van der Waals surface area (Å²) in [4.78, 5) is 27.6. The fourth-order valence-electron chi connectivity index (χ4n) is 3.27. The van der Waals surface area contributed by atoms with Gasteiger partial charge in [-0.3, -0.25) is 14.9 Å². The lowest BCUT2D eigenvalue weighted by molar-refractivity contribution is -0.123. The number of nitrogens with zero attached hydrogens (tertiary/aromatic N) is 1. The predicted molar refractivity (Wildman–Crippen MR) is 122 cm³/mol. The Bertz CT molecular complexity index is 1020. The van der Waals surface area contributed by atoms with Crippen LogP contribution in [0.1, 0.15) is 30.4 Å². The average molecular weight is 439 g/mol. The molecule has 31 heavy (non-hydrogen) atoms. The van der Waals surface area contributed by atoms with Crippen LogP contribution < -0.4 is 10.1 Å². The fourth-order valence-corrected chi connectivity index (χ4v) is 3.38. The molecule has 0 spiro atoms. The Hall–Kier alpha value is -3.06. The SMILES string of the molecule is CC[C@@H](Cc1ccc(OCCc2nc(-c3ccccc3)oc2C)cc1)C(=O)NC(=O)S. The third kappa shape index (κ3) is 6.46. The maximum Gasteiger partial charge on any atom is 0.282 e. The highest BCUT2D eigenvalue weighted by molar-refractivity contribution is 7.96. The van der Waals surface area contributed by atoms with Gasteiger partial charge in [-0.25, -0.2) is 4.98 Å². The van der Waals surface area contributed by atoms with Gasteiger partial charge in [-0.05, 0) is 49.6 Å². The van der Waals surface area contributed by atoms with Crippen LogP contribution >= 0.6 is 12.6 Å². The zero-order chi connectivity index (χ0) is 22.2. The van der Waals surface area contributed by atoms with Gasteiger partial charge in [0, 0.05) is 17.9 Å². The lowest BCUT2D eigenvalue weighted by Gasteiger charge is -2.14. The Labute approximate surface area is 187 Å². The summed E-state index contributed by atoms with van der Waals surface area (Å²) in [6.07, 6.45) is 1.82. The first-order chi connectivity index (χ1) is 15.0. The Morgan fingerprint density at radius 2 is 1.84 bits per heavy atom. The van der Waals surface area contributed by atoms with Gasteiger partial charge < -0.3 is 9.15 Å². The third-order valence-electron chi connectivity index (χ3n) is 5.02. The van der Waals surface area contributed by atoms with Crippen LogP contribution in [0.25, 0.3) is 11.5 Å².